The van der Waals surface area contributed by atoms with Crippen LogP contribution in [0.2, 0.25) is 0 Å². The Balaban J connectivity index is 1.66. The monoisotopic (exact) mass is 479 g/mol. The Morgan fingerprint density at radius 3 is 2.75 bits per heavy atom. The van der Waals surface area contributed by atoms with Crippen molar-refractivity contribution in [2.75, 3.05) is 12.3 Å². The Morgan fingerprint density at radius 2 is 1.97 bits per heavy atom. The van der Waals surface area contributed by atoms with Crippen molar-refractivity contribution < 1.29 is 9.90 Å². The largest absolute Gasteiger partial charge is 0.384 e. The highest BCUT2D eigenvalue weighted by molar-refractivity contribution is 6.04. The van der Waals surface area contributed by atoms with Crippen molar-refractivity contribution in [3.05, 3.63) is 94.3 Å². The van der Waals surface area contributed by atoms with Crippen molar-refractivity contribution in [1.82, 2.24) is 29.5 Å². The van der Waals surface area contributed by atoms with Gasteiger partial charge in [-0.1, -0.05) is 36.1 Å². The minimum atomic E-state index is -0.694. The molecule has 5 aromatic rings. The van der Waals surface area contributed by atoms with E-state index in [1.54, 1.807) is 55.7 Å². The summed E-state index contributed by atoms with van der Waals surface area (Å²) in [5.74, 6) is 5.28. The van der Waals surface area contributed by atoms with E-state index in [0.717, 1.165) is 0 Å². The first kappa shape index (κ1) is 22.8. The first-order valence-corrected chi connectivity index (χ1v) is 11.1. The molecule has 0 saturated carbocycles. The van der Waals surface area contributed by atoms with Gasteiger partial charge in [-0.05, 0) is 37.3 Å². The Morgan fingerprint density at radius 1 is 1.17 bits per heavy atom. The van der Waals surface area contributed by atoms with Crippen LogP contribution < -0.4 is 16.6 Å². The summed E-state index contributed by atoms with van der Waals surface area (Å²) in [6.45, 7) is 1.40. The number of nitrogens with one attached hydrogen (secondary N) is 1. The van der Waals surface area contributed by atoms with Crippen LogP contribution in [0.5, 0.6) is 0 Å². The van der Waals surface area contributed by atoms with Gasteiger partial charge in [0.25, 0.3) is 11.5 Å². The second-order valence-corrected chi connectivity index (χ2v) is 7.95. The van der Waals surface area contributed by atoms with Gasteiger partial charge in [-0.2, -0.15) is 0 Å². The van der Waals surface area contributed by atoms with E-state index in [4.69, 9.17) is 15.8 Å². The average Bonchev–Trinajstić information content (AvgIpc) is 3.23. The lowest BCUT2D eigenvalue weighted by Crippen LogP contribution is -2.33. The van der Waals surface area contributed by atoms with Crippen molar-refractivity contribution in [2.45, 2.75) is 13.0 Å². The van der Waals surface area contributed by atoms with Crippen LogP contribution in [0.3, 0.4) is 0 Å². The lowest BCUT2D eigenvalue weighted by Gasteiger charge is -2.20. The molecule has 1 amide bonds. The summed E-state index contributed by atoms with van der Waals surface area (Å²) in [6, 6.07) is 15.2. The van der Waals surface area contributed by atoms with Gasteiger partial charge < -0.3 is 16.2 Å². The van der Waals surface area contributed by atoms with Crippen LogP contribution in [-0.4, -0.2) is 41.8 Å². The Labute approximate surface area is 205 Å². The predicted molar refractivity (Wildman–Crippen MR) is 135 cm³/mol. The van der Waals surface area contributed by atoms with Crippen molar-refractivity contribution >= 4 is 28.3 Å². The van der Waals surface area contributed by atoms with Crippen LogP contribution in [0.15, 0.2) is 71.8 Å². The number of benzene rings is 2. The zero-order valence-corrected chi connectivity index (χ0v) is 19.2. The molecule has 0 radical (unpaired) electrons. The third-order valence-corrected chi connectivity index (χ3v) is 5.62. The molecule has 5 rings (SSSR count). The van der Waals surface area contributed by atoms with Crippen LogP contribution in [-0.2, 0) is 0 Å². The number of carbonyl (C=O) groups excluding carboxylic acids is 1. The van der Waals surface area contributed by atoms with E-state index in [1.807, 2.05) is 18.2 Å². The second kappa shape index (κ2) is 9.32. The number of hydrogen-bond acceptors (Lipinski definition) is 7. The van der Waals surface area contributed by atoms with Gasteiger partial charge in [0.2, 0.25) is 0 Å². The summed E-state index contributed by atoms with van der Waals surface area (Å²) in [5.41, 5.74) is 7.58. The molecule has 1 atom stereocenters. The molecule has 2 aromatic carbocycles. The summed E-state index contributed by atoms with van der Waals surface area (Å²) < 4.78 is 2.88. The minimum Gasteiger partial charge on any atom is -0.384 e. The lowest BCUT2D eigenvalue weighted by molar-refractivity contribution is 0.0940. The first-order chi connectivity index (χ1) is 17.5. The zero-order chi connectivity index (χ0) is 25.2. The smallest absolute Gasteiger partial charge is 0.267 e. The number of aromatic nitrogens is 5. The first-order valence-electron chi connectivity index (χ1n) is 11.1. The van der Waals surface area contributed by atoms with Crippen LogP contribution in [0.25, 0.3) is 22.2 Å². The van der Waals surface area contributed by atoms with Crippen molar-refractivity contribution in [3.8, 4) is 17.5 Å². The molecule has 36 heavy (non-hydrogen) atoms. The van der Waals surface area contributed by atoms with Crippen molar-refractivity contribution in [1.29, 1.82) is 0 Å². The molecule has 4 N–H and O–H groups in total. The number of aliphatic hydroxyl groups excluding tert-OH is 1. The highest BCUT2D eigenvalue weighted by atomic mass is 16.2. The SMILES string of the molecule is C[C@@H](NC(=O)c1c(N)nn2cccnc12)c1nc2cccc(C#CCO)c2c(=O)n1-c1ccccc1. The summed E-state index contributed by atoms with van der Waals surface area (Å²) >= 11 is 0. The number of para-hydroxylation sites is 1. The van der Waals surface area contributed by atoms with E-state index in [2.05, 4.69) is 27.2 Å². The highest BCUT2D eigenvalue weighted by Gasteiger charge is 2.24. The van der Waals surface area contributed by atoms with Gasteiger partial charge >= 0.3 is 0 Å². The van der Waals surface area contributed by atoms with Crippen molar-refractivity contribution in [2.24, 2.45) is 0 Å². The summed E-state index contributed by atoms with van der Waals surface area (Å²) in [6.07, 6.45) is 3.19. The molecule has 0 aliphatic heterocycles. The lowest BCUT2D eigenvalue weighted by atomic mass is 10.1. The maximum atomic E-state index is 13.8. The highest BCUT2D eigenvalue weighted by Crippen LogP contribution is 2.22. The number of nitrogens with zero attached hydrogens (tertiary/aromatic N) is 5. The Hall–Kier alpha value is -5.01. The molecule has 0 unspecified atom stereocenters. The van der Waals surface area contributed by atoms with E-state index >= 15 is 0 Å². The number of nitrogen functional groups attached to an aromatic ring is 1. The molecule has 10 heteroatoms. The second-order valence-electron chi connectivity index (χ2n) is 7.95. The van der Waals surface area contributed by atoms with Crippen LogP contribution >= 0.6 is 0 Å². The molecule has 178 valence electrons. The van der Waals surface area contributed by atoms with Gasteiger partial charge in [0, 0.05) is 18.0 Å². The molecule has 0 saturated heterocycles. The van der Waals surface area contributed by atoms with E-state index in [1.165, 1.54) is 9.08 Å². The predicted octanol–water partition coefficient (Wildman–Crippen LogP) is 1.85. The summed E-state index contributed by atoms with van der Waals surface area (Å²) in [4.78, 5) is 36.0. The van der Waals surface area contributed by atoms with Gasteiger partial charge in [-0.15, -0.1) is 5.10 Å². The molecule has 3 heterocycles. The quantitative estimate of drug-likeness (QED) is 0.334. The van der Waals surface area contributed by atoms with E-state index in [-0.39, 0.29) is 23.5 Å². The van der Waals surface area contributed by atoms with E-state index in [9.17, 15) is 9.59 Å². The average molecular weight is 480 g/mol. The molecule has 0 spiro atoms. The van der Waals surface area contributed by atoms with E-state index < -0.39 is 11.9 Å². The van der Waals surface area contributed by atoms with Crippen molar-refractivity contribution in [3.63, 3.8) is 0 Å². The molecule has 0 aliphatic rings. The van der Waals surface area contributed by atoms with Crippen LogP contribution in [0, 0.1) is 11.8 Å². The van der Waals surface area contributed by atoms with Crippen LogP contribution in [0.1, 0.15) is 34.7 Å². The Bertz CT molecular complexity index is 1730. The van der Waals surface area contributed by atoms with E-state index in [0.29, 0.717) is 33.6 Å². The number of nitrogens with two attached hydrogens (primary N) is 1. The molecular weight excluding hydrogens is 458 g/mol. The molecule has 3 aromatic heterocycles. The summed E-state index contributed by atoms with van der Waals surface area (Å²) in [7, 11) is 0. The number of amides is 1. The fourth-order valence-corrected chi connectivity index (χ4v) is 4.06. The number of anilines is 1. The minimum absolute atomic E-state index is 0.0393. The molecule has 0 fully saturated rings. The number of hydrogen-bond donors (Lipinski definition) is 3. The number of rotatable bonds is 4. The fraction of sp³-hybridized carbons (Fsp3) is 0.115. The molecule has 0 aliphatic carbocycles. The van der Waals surface area contributed by atoms with Gasteiger partial charge in [0.1, 0.15) is 18.0 Å². The number of carbonyl (C=O) groups is 1. The summed E-state index contributed by atoms with van der Waals surface area (Å²) in [5, 5.41) is 16.5. The normalized spacial score (nSPS) is 11.7. The fourth-order valence-electron chi connectivity index (χ4n) is 4.06. The third-order valence-electron chi connectivity index (χ3n) is 5.62. The molecular formula is C26H21N7O3. The standard InChI is InChI=1S/C26H21N7O3/c1-16(29-25(35)21-22(27)31-32-14-7-13-28-24(21)32)23-30-19-12-5-8-17(9-6-15-34)20(19)26(36)33(23)18-10-3-2-4-11-18/h2-5,7-8,10-14,16,34H,15H2,1H3,(H2,27,31)(H,29,35)/t16-/m1/s1. The van der Waals surface area contributed by atoms with Gasteiger partial charge in [0.15, 0.2) is 11.5 Å². The maximum Gasteiger partial charge on any atom is 0.267 e. The van der Waals surface area contributed by atoms with Gasteiger partial charge in [0.05, 0.1) is 22.6 Å². The van der Waals surface area contributed by atoms with Crippen LogP contribution in [0.4, 0.5) is 5.82 Å². The number of aliphatic hydroxyl groups is 1. The van der Waals surface area contributed by atoms with Gasteiger partial charge in [-0.25, -0.2) is 14.5 Å². The maximum absolute atomic E-state index is 13.8. The number of fused-ring (bicyclic) bond motifs is 2. The molecule has 10 nitrogen and oxygen atoms in total. The topological polar surface area (TPSA) is 140 Å². The Kier molecular flexibility index (Phi) is 5.90. The third kappa shape index (κ3) is 3.93. The van der Waals surface area contributed by atoms with Gasteiger partial charge in [-0.3, -0.25) is 14.2 Å². The zero-order valence-electron chi connectivity index (χ0n) is 19.2. The molecule has 0 bridgehead atoms.